The fourth-order valence-corrected chi connectivity index (χ4v) is 3.20. The number of carbonyl (C=O) groups excluding carboxylic acids is 1. The van der Waals surface area contributed by atoms with Crippen LogP contribution in [0.2, 0.25) is 0 Å². The molecule has 2 aromatic heterocycles. The van der Waals surface area contributed by atoms with Crippen molar-refractivity contribution >= 4 is 16.8 Å². The van der Waals surface area contributed by atoms with E-state index in [9.17, 15) is 4.79 Å². The lowest BCUT2D eigenvalue weighted by atomic mass is 10.1. The van der Waals surface area contributed by atoms with Gasteiger partial charge in [0, 0.05) is 36.4 Å². The number of nitrogens with zero attached hydrogens (tertiary/aromatic N) is 3. The van der Waals surface area contributed by atoms with Crippen LogP contribution in [0, 0.1) is 27.7 Å². The third-order valence-corrected chi connectivity index (χ3v) is 4.89. The number of aryl methyl sites for hydroxylation is 4. The van der Waals surface area contributed by atoms with Gasteiger partial charge in [-0.15, -0.1) is 0 Å². The molecule has 0 bridgehead atoms. The Morgan fingerprint density at radius 2 is 2.00 bits per heavy atom. The quantitative estimate of drug-likeness (QED) is 0.727. The Balaban J connectivity index is 1.65. The molecule has 0 unspecified atom stereocenters. The van der Waals surface area contributed by atoms with Gasteiger partial charge < -0.3 is 9.64 Å². The smallest absolute Gasteiger partial charge is 0.260 e. The molecular formula is C21H26N4O2. The number of amides is 1. The van der Waals surface area contributed by atoms with Crippen LogP contribution in [0.15, 0.2) is 24.3 Å². The number of nitrogens with one attached hydrogen (secondary N) is 1. The molecule has 0 saturated carbocycles. The average Bonchev–Trinajstić information content (AvgIpc) is 2.96. The van der Waals surface area contributed by atoms with Crippen LogP contribution in [0.5, 0.6) is 5.75 Å². The monoisotopic (exact) mass is 366 g/mol. The van der Waals surface area contributed by atoms with Crippen molar-refractivity contribution in [2.75, 3.05) is 20.2 Å². The minimum atomic E-state index is -0.0518. The molecule has 1 amide bonds. The van der Waals surface area contributed by atoms with Crippen LogP contribution in [0.25, 0.3) is 10.9 Å². The first-order valence-electron chi connectivity index (χ1n) is 9.11. The summed E-state index contributed by atoms with van der Waals surface area (Å²) in [5, 5.41) is 8.11. The molecule has 0 aliphatic heterocycles. The van der Waals surface area contributed by atoms with Crippen molar-refractivity contribution < 1.29 is 9.53 Å². The number of fused-ring (bicyclic) bond motifs is 1. The average molecular weight is 366 g/mol. The number of rotatable bonds is 6. The SMILES string of the molecule is Cc1cc(OCC(=O)N(C)CCc2c(C)n[nH]c2C)c2cccc(C)c2n1. The number of aromatic amines is 1. The summed E-state index contributed by atoms with van der Waals surface area (Å²) in [7, 11) is 1.80. The van der Waals surface area contributed by atoms with E-state index in [1.807, 2.05) is 52.0 Å². The first-order chi connectivity index (χ1) is 12.9. The van der Waals surface area contributed by atoms with E-state index in [0.717, 1.165) is 40.0 Å². The van der Waals surface area contributed by atoms with Crippen molar-refractivity contribution in [3.05, 3.63) is 52.5 Å². The molecule has 1 N–H and O–H groups in total. The van der Waals surface area contributed by atoms with Crippen LogP contribution in [0.4, 0.5) is 0 Å². The molecular weight excluding hydrogens is 340 g/mol. The van der Waals surface area contributed by atoms with Gasteiger partial charge in [-0.1, -0.05) is 12.1 Å². The van der Waals surface area contributed by atoms with E-state index >= 15 is 0 Å². The van der Waals surface area contributed by atoms with E-state index in [4.69, 9.17) is 4.74 Å². The lowest BCUT2D eigenvalue weighted by Crippen LogP contribution is -2.33. The second-order valence-electron chi connectivity index (χ2n) is 7.00. The topological polar surface area (TPSA) is 71.1 Å². The van der Waals surface area contributed by atoms with Crippen molar-refractivity contribution in [3.63, 3.8) is 0 Å². The molecule has 142 valence electrons. The summed E-state index contributed by atoms with van der Waals surface area (Å²) in [6, 6.07) is 7.86. The van der Waals surface area contributed by atoms with Crippen molar-refractivity contribution in [1.82, 2.24) is 20.1 Å². The third-order valence-electron chi connectivity index (χ3n) is 4.89. The number of hydrogen-bond donors (Lipinski definition) is 1. The largest absolute Gasteiger partial charge is 0.483 e. The minimum absolute atomic E-state index is 0.00630. The van der Waals surface area contributed by atoms with Crippen LogP contribution < -0.4 is 4.74 Å². The molecule has 0 aliphatic carbocycles. The van der Waals surface area contributed by atoms with E-state index in [-0.39, 0.29) is 12.5 Å². The van der Waals surface area contributed by atoms with Gasteiger partial charge in [0.05, 0.1) is 11.2 Å². The Morgan fingerprint density at radius 1 is 1.22 bits per heavy atom. The van der Waals surface area contributed by atoms with Gasteiger partial charge in [-0.3, -0.25) is 14.9 Å². The zero-order valence-corrected chi connectivity index (χ0v) is 16.6. The van der Waals surface area contributed by atoms with Gasteiger partial charge in [-0.25, -0.2) is 0 Å². The second-order valence-corrected chi connectivity index (χ2v) is 7.00. The fraction of sp³-hybridized carbons (Fsp3) is 0.381. The molecule has 0 atom stereocenters. The zero-order valence-electron chi connectivity index (χ0n) is 16.6. The first-order valence-corrected chi connectivity index (χ1v) is 9.11. The van der Waals surface area contributed by atoms with Crippen LogP contribution in [-0.2, 0) is 11.2 Å². The summed E-state index contributed by atoms with van der Waals surface area (Å²) in [5.41, 5.74) is 6.09. The van der Waals surface area contributed by atoms with Crippen LogP contribution in [0.1, 0.15) is 28.2 Å². The van der Waals surface area contributed by atoms with Gasteiger partial charge in [0.1, 0.15) is 5.75 Å². The normalized spacial score (nSPS) is 11.0. The number of benzene rings is 1. The number of carbonyl (C=O) groups is 1. The molecule has 1 aromatic carbocycles. The molecule has 0 spiro atoms. The zero-order chi connectivity index (χ0) is 19.6. The summed E-state index contributed by atoms with van der Waals surface area (Å²) in [4.78, 5) is 18.8. The van der Waals surface area contributed by atoms with Gasteiger partial charge in [-0.2, -0.15) is 5.10 Å². The highest BCUT2D eigenvalue weighted by molar-refractivity contribution is 5.88. The number of likely N-dealkylation sites (N-methyl/N-ethyl adjacent to an activating group) is 1. The highest BCUT2D eigenvalue weighted by atomic mass is 16.5. The second kappa shape index (κ2) is 7.78. The number of H-pyrrole nitrogens is 1. The van der Waals surface area contributed by atoms with Crippen LogP contribution in [0.3, 0.4) is 0 Å². The third kappa shape index (κ3) is 4.10. The predicted octanol–water partition coefficient (Wildman–Crippen LogP) is 3.27. The van der Waals surface area contributed by atoms with E-state index < -0.39 is 0 Å². The Hall–Kier alpha value is -2.89. The number of aromatic nitrogens is 3. The number of ether oxygens (including phenoxy) is 1. The van der Waals surface area contributed by atoms with Gasteiger partial charge in [0.2, 0.25) is 0 Å². The maximum atomic E-state index is 12.5. The summed E-state index contributed by atoms with van der Waals surface area (Å²) in [5.74, 6) is 0.647. The maximum Gasteiger partial charge on any atom is 0.260 e. The predicted molar refractivity (Wildman–Crippen MR) is 106 cm³/mol. The highest BCUT2D eigenvalue weighted by Crippen LogP contribution is 2.27. The molecule has 0 aliphatic rings. The fourth-order valence-electron chi connectivity index (χ4n) is 3.20. The molecule has 0 radical (unpaired) electrons. The summed E-state index contributed by atoms with van der Waals surface area (Å²) in [6.07, 6.45) is 0.771. The van der Waals surface area contributed by atoms with E-state index in [1.54, 1.807) is 11.9 Å². The Bertz CT molecular complexity index is 958. The van der Waals surface area contributed by atoms with E-state index in [0.29, 0.717) is 12.3 Å². The van der Waals surface area contributed by atoms with Crippen LogP contribution in [-0.4, -0.2) is 46.2 Å². The van der Waals surface area contributed by atoms with Gasteiger partial charge in [-0.05, 0) is 51.3 Å². The molecule has 2 heterocycles. The molecule has 0 saturated heterocycles. The molecule has 27 heavy (non-hydrogen) atoms. The highest BCUT2D eigenvalue weighted by Gasteiger charge is 2.14. The Kier molecular flexibility index (Phi) is 5.44. The Morgan fingerprint density at radius 3 is 2.70 bits per heavy atom. The molecule has 0 fully saturated rings. The summed E-state index contributed by atoms with van der Waals surface area (Å²) < 4.78 is 5.87. The standard InChI is InChI=1S/C21H26N4O2/c1-13-7-6-8-18-19(11-14(2)22-21(13)18)27-12-20(26)25(5)10-9-17-15(3)23-24-16(17)4/h6-8,11H,9-10,12H2,1-5H3,(H,23,24). The number of para-hydroxylation sites is 1. The van der Waals surface area contributed by atoms with Crippen molar-refractivity contribution in [2.45, 2.75) is 34.1 Å². The van der Waals surface area contributed by atoms with Crippen molar-refractivity contribution in [1.29, 1.82) is 0 Å². The lowest BCUT2D eigenvalue weighted by molar-refractivity contribution is -0.132. The van der Waals surface area contributed by atoms with E-state index in [1.165, 1.54) is 5.56 Å². The van der Waals surface area contributed by atoms with E-state index in [2.05, 4.69) is 15.2 Å². The molecule has 6 nitrogen and oxygen atoms in total. The summed E-state index contributed by atoms with van der Waals surface area (Å²) >= 11 is 0. The Labute approximate surface area is 159 Å². The first kappa shape index (κ1) is 18.9. The van der Waals surface area contributed by atoms with Crippen molar-refractivity contribution in [2.24, 2.45) is 0 Å². The maximum absolute atomic E-state index is 12.5. The lowest BCUT2D eigenvalue weighted by Gasteiger charge is -2.18. The van der Waals surface area contributed by atoms with Gasteiger partial charge in [0.15, 0.2) is 6.61 Å². The van der Waals surface area contributed by atoms with Gasteiger partial charge in [0.25, 0.3) is 5.91 Å². The van der Waals surface area contributed by atoms with Gasteiger partial charge >= 0.3 is 0 Å². The number of hydrogen-bond acceptors (Lipinski definition) is 4. The summed E-state index contributed by atoms with van der Waals surface area (Å²) in [6.45, 7) is 8.56. The molecule has 3 aromatic rings. The van der Waals surface area contributed by atoms with Crippen LogP contribution >= 0.6 is 0 Å². The van der Waals surface area contributed by atoms with Crippen molar-refractivity contribution in [3.8, 4) is 5.75 Å². The molecule has 3 rings (SSSR count). The number of pyridine rings is 1. The molecule has 6 heteroatoms. The minimum Gasteiger partial charge on any atom is -0.483 e.